The van der Waals surface area contributed by atoms with Crippen molar-refractivity contribution in [3.05, 3.63) is 0 Å². The summed E-state index contributed by atoms with van der Waals surface area (Å²) < 4.78 is 5.66. The number of ether oxygens (including phenoxy) is 1. The Kier molecular flexibility index (Phi) is 4.52. The van der Waals surface area contributed by atoms with Crippen LogP contribution in [-0.4, -0.2) is 41.3 Å². The van der Waals surface area contributed by atoms with Crippen LogP contribution in [0.5, 0.6) is 0 Å². The van der Waals surface area contributed by atoms with E-state index >= 15 is 0 Å². The molecule has 0 heterocycles. The van der Waals surface area contributed by atoms with Gasteiger partial charge in [-0.2, -0.15) is 0 Å². The van der Waals surface area contributed by atoms with Gasteiger partial charge in [-0.15, -0.1) is 0 Å². The van der Waals surface area contributed by atoms with Crippen LogP contribution in [0.2, 0.25) is 0 Å². The molecule has 3 aliphatic carbocycles. The van der Waals surface area contributed by atoms with Crippen molar-refractivity contribution in [2.45, 2.75) is 72.0 Å². The topological polar surface area (TPSA) is 80.7 Å². The summed E-state index contributed by atoms with van der Waals surface area (Å²) in [6, 6.07) is 0. The number of carbonyl (C=O) groups excluding carboxylic acids is 3. The van der Waals surface area contributed by atoms with E-state index < -0.39 is 16.4 Å². The summed E-state index contributed by atoms with van der Waals surface area (Å²) >= 11 is 0. The number of ketones is 3. The second-order valence-electron chi connectivity index (χ2n) is 10.00. The van der Waals surface area contributed by atoms with Gasteiger partial charge in [0.25, 0.3) is 0 Å². The normalized spacial score (nSPS) is 48.6. The Balaban J connectivity index is 2.15. The molecule has 0 aromatic carbocycles. The maximum atomic E-state index is 13.7. The Morgan fingerprint density at radius 3 is 2.27 bits per heavy atom. The fraction of sp³-hybridized carbons (Fsp3) is 0.857. The number of carbonyl (C=O) groups is 3. The fourth-order valence-corrected chi connectivity index (χ4v) is 6.18. The van der Waals surface area contributed by atoms with Gasteiger partial charge >= 0.3 is 0 Å². The van der Waals surface area contributed by atoms with E-state index in [0.29, 0.717) is 12.8 Å². The molecule has 146 valence electrons. The SMILES string of the molecule is CO[C@@H]1[C@H]2C[C@@](C)(O)C(=O)C[C@H]3C(C)(C)CC(=O)[C@@]3(C)C(=O)[C@H]2C[C@H]1C. The smallest absolute Gasteiger partial charge is 0.164 e. The lowest BCUT2D eigenvalue weighted by Gasteiger charge is -2.36. The molecule has 3 saturated carbocycles. The van der Waals surface area contributed by atoms with Crippen molar-refractivity contribution >= 4 is 17.3 Å². The van der Waals surface area contributed by atoms with Gasteiger partial charge in [0.1, 0.15) is 17.2 Å². The molecule has 1 N–H and O–H groups in total. The number of Topliss-reactive ketones (excluding diaryl/α,β-unsaturated/α-hetero) is 3. The van der Waals surface area contributed by atoms with Gasteiger partial charge in [-0.05, 0) is 49.9 Å². The lowest BCUT2D eigenvalue weighted by molar-refractivity contribution is -0.144. The minimum absolute atomic E-state index is 0.0417. The summed E-state index contributed by atoms with van der Waals surface area (Å²) in [5.74, 6) is -1.18. The fourth-order valence-electron chi connectivity index (χ4n) is 6.18. The van der Waals surface area contributed by atoms with Crippen LogP contribution in [0.3, 0.4) is 0 Å². The van der Waals surface area contributed by atoms with Crippen LogP contribution in [0.4, 0.5) is 0 Å². The Hall–Kier alpha value is -1.07. The predicted octanol–water partition coefficient (Wildman–Crippen LogP) is 2.58. The molecule has 26 heavy (non-hydrogen) atoms. The second kappa shape index (κ2) is 5.96. The van der Waals surface area contributed by atoms with E-state index in [4.69, 9.17) is 4.74 Å². The summed E-state index contributed by atoms with van der Waals surface area (Å²) in [6.07, 6.45) is 1.04. The quantitative estimate of drug-likeness (QED) is 0.723. The Bertz CT molecular complexity index is 649. The summed E-state index contributed by atoms with van der Waals surface area (Å²) in [6.45, 7) is 9.25. The van der Waals surface area contributed by atoms with Crippen molar-refractivity contribution in [1.82, 2.24) is 0 Å². The monoisotopic (exact) mass is 364 g/mol. The molecule has 0 aliphatic heterocycles. The molecule has 0 radical (unpaired) electrons. The van der Waals surface area contributed by atoms with Crippen LogP contribution < -0.4 is 0 Å². The molecule has 0 spiro atoms. The van der Waals surface area contributed by atoms with Gasteiger partial charge in [0, 0.05) is 25.9 Å². The van der Waals surface area contributed by atoms with Gasteiger partial charge < -0.3 is 9.84 Å². The lowest BCUT2D eigenvalue weighted by Crippen LogP contribution is -2.45. The molecule has 0 unspecified atom stereocenters. The largest absolute Gasteiger partial charge is 0.382 e. The van der Waals surface area contributed by atoms with Crippen molar-refractivity contribution in [3.63, 3.8) is 0 Å². The molecule has 0 saturated heterocycles. The molecule has 5 nitrogen and oxygen atoms in total. The molecule has 0 amide bonds. The molecule has 5 heteroatoms. The second-order valence-corrected chi connectivity index (χ2v) is 10.00. The maximum Gasteiger partial charge on any atom is 0.164 e. The van der Waals surface area contributed by atoms with E-state index in [9.17, 15) is 19.5 Å². The zero-order chi connectivity index (χ0) is 19.7. The number of hydrogen-bond acceptors (Lipinski definition) is 5. The van der Waals surface area contributed by atoms with Crippen LogP contribution in [0.25, 0.3) is 0 Å². The van der Waals surface area contributed by atoms with Gasteiger partial charge in [-0.1, -0.05) is 20.8 Å². The van der Waals surface area contributed by atoms with Crippen LogP contribution in [-0.2, 0) is 19.1 Å². The van der Waals surface area contributed by atoms with E-state index in [1.165, 1.54) is 0 Å². The molecular formula is C21H32O5. The third-order valence-corrected chi connectivity index (χ3v) is 7.71. The number of rotatable bonds is 1. The van der Waals surface area contributed by atoms with Gasteiger partial charge in [-0.25, -0.2) is 0 Å². The molecule has 0 bridgehead atoms. The van der Waals surface area contributed by atoms with E-state index in [1.807, 2.05) is 20.8 Å². The first-order valence-corrected chi connectivity index (χ1v) is 9.72. The molecule has 3 aliphatic rings. The number of fused-ring (bicyclic) bond motifs is 2. The first-order chi connectivity index (χ1) is 11.9. The molecule has 7 atom stereocenters. The first-order valence-electron chi connectivity index (χ1n) is 9.72. The van der Waals surface area contributed by atoms with Crippen molar-refractivity contribution < 1.29 is 24.2 Å². The lowest BCUT2D eigenvalue weighted by atomic mass is 9.64. The zero-order valence-corrected chi connectivity index (χ0v) is 16.8. The standard InChI is InChI=1S/C21H32O5/c1-11-7-12-13(17(11)26-6)9-20(4,25)15(22)8-14-19(2,3)10-16(23)21(14,5)18(12)24/h11-14,17,25H,7-10H2,1-6H3/t11-,12+,13+,14+,17+,20-,21+/m1/s1. The van der Waals surface area contributed by atoms with Crippen molar-refractivity contribution in [1.29, 1.82) is 0 Å². The van der Waals surface area contributed by atoms with Gasteiger partial charge in [0.05, 0.1) is 11.5 Å². The highest BCUT2D eigenvalue weighted by molar-refractivity contribution is 6.10. The third-order valence-electron chi connectivity index (χ3n) is 7.71. The van der Waals surface area contributed by atoms with E-state index in [0.717, 1.165) is 0 Å². The number of methoxy groups -OCH3 is 1. The van der Waals surface area contributed by atoms with Crippen LogP contribution in [0.1, 0.15) is 60.3 Å². The van der Waals surface area contributed by atoms with E-state index in [-0.39, 0.29) is 60.0 Å². The third kappa shape index (κ3) is 2.62. The number of aliphatic hydroxyl groups is 1. The van der Waals surface area contributed by atoms with Crippen LogP contribution in [0.15, 0.2) is 0 Å². The van der Waals surface area contributed by atoms with Gasteiger partial charge in [0.15, 0.2) is 5.78 Å². The van der Waals surface area contributed by atoms with Crippen molar-refractivity contribution in [3.8, 4) is 0 Å². The van der Waals surface area contributed by atoms with Crippen molar-refractivity contribution in [2.75, 3.05) is 7.11 Å². The summed E-state index contributed by atoms with van der Waals surface area (Å²) in [4.78, 5) is 39.7. The average molecular weight is 364 g/mol. The Morgan fingerprint density at radius 1 is 1.08 bits per heavy atom. The summed E-state index contributed by atoms with van der Waals surface area (Å²) in [5, 5.41) is 10.9. The highest BCUT2D eigenvalue weighted by atomic mass is 16.5. The summed E-state index contributed by atoms with van der Waals surface area (Å²) in [7, 11) is 1.62. The Labute approximate surface area is 155 Å². The highest BCUT2D eigenvalue weighted by Gasteiger charge is 2.64. The summed E-state index contributed by atoms with van der Waals surface area (Å²) in [5.41, 5.74) is -3.08. The first kappa shape index (κ1) is 19.7. The van der Waals surface area contributed by atoms with Crippen molar-refractivity contribution in [2.24, 2.45) is 34.5 Å². The molecule has 0 aromatic rings. The van der Waals surface area contributed by atoms with Gasteiger partial charge in [0.2, 0.25) is 0 Å². The minimum Gasteiger partial charge on any atom is -0.382 e. The molecule has 3 fully saturated rings. The Morgan fingerprint density at radius 2 is 1.69 bits per heavy atom. The number of hydrogen-bond donors (Lipinski definition) is 1. The minimum atomic E-state index is -1.50. The maximum absolute atomic E-state index is 13.7. The average Bonchev–Trinajstić information content (AvgIpc) is 2.92. The molecule has 3 rings (SSSR count). The van der Waals surface area contributed by atoms with Crippen LogP contribution >= 0.6 is 0 Å². The van der Waals surface area contributed by atoms with E-state index in [2.05, 4.69) is 0 Å². The van der Waals surface area contributed by atoms with Gasteiger partial charge in [-0.3, -0.25) is 14.4 Å². The predicted molar refractivity (Wildman–Crippen MR) is 96.4 cm³/mol. The molecule has 0 aromatic heterocycles. The zero-order valence-electron chi connectivity index (χ0n) is 16.8. The highest BCUT2D eigenvalue weighted by Crippen LogP contribution is 2.58. The molecular weight excluding hydrogens is 332 g/mol. The van der Waals surface area contributed by atoms with Crippen LogP contribution in [0, 0.1) is 34.5 Å². The van der Waals surface area contributed by atoms with E-state index in [1.54, 1.807) is 21.0 Å².